The molecule has 6 nitrogen and oxygen atoms in total. The first-order valence-corrected chi connectivity index (χ1v) is 4.73. The Morgan fingerprint density at radius 3 is 2.53 bits per heavy atom. The summed E-state index contributed by atoms with van der Waals surface area (Å²) in [7, 11) is 1.56. The molecule has 1 fully saturated rings. The van der Waals surface area contributed by atoms with E-state index in [0.29, 0.717) is 19.4 Å². The average Bonchev–Trinajstić information content (AvgIpc) is 2.16. The summed E-state index contributed by atoms with van der Waals surface area (Å²) >= 11 is 0. The van der Waals surface area contributed by atoms with E-state index in [9.17, 15) is 14.4 Å². The number of methoxy groups -OCH3 is 1. The summed E-state index contributed by atoms with van der Waals surface area (Å²) in [5.41, 5.74) is 0. The highest BCUT2D eigenvalue weighted by molar-refractivity contribution is 6.02. The molecule has 6 heteroatoms. The lowest BCUT2D eigenvalue weighted by atomic mass is 10.2. The predicted molar refractivity (Wildman–Crippen MR) is 50.8 cm³/mol. The number of nitrogens with zero attached hydrogens (tertiary/aromatic N) is 1. The third kappa shape index (κ3) is 3.67. The van der Waals surface area contributed by atoms with E-state index in [1.54, 1.807) is 7.11 Å². The summed E-state index contributed by atoms with van der Waals surface area (Å²) < 4.78 is 4.80. The minimum absolute atomic E-state index is 0.0302. The first-order valence-electron chi connectivity index (χ1n) is 4.73. The second-order valence-electron chi connectivity index (χ2n) is 3.32. The van der Waals surface area contributed by atoms with Crippen LogP contribution in [-0.2, 0) is 19.1 Å². The average molecular weight is 214 g/mol. The molecule has 1 aliphatic heterocycles. The molecule has 0 unspecified atom stereocenters. The molecule has 0 aromatic heterocycles. The molecule has 0 aliphatic carbocycles. The Bertz CT molecular complexity index is 261. The van der Waals surface area contributed by atoms with Gasteiger partial charge in [-0.25, -0.2) is 0 Å². The molecule has 0 atom stereocenters. The van der Waals surface area contributed by atoms with E-state index >= 15 is 0 Å². The number of hydrogen-bond acceptors (Lipinski definition) is 4. The van der Waals surface area contributed by atoms with Crippen LogP contribution >= 0.6 is 0 Å². The van der Waals surface area contributed by atoms with Gasteiger partial charge in [0.15, 0.2) is 0 Å². The number of hydrogen-bond donors (Lipinski definition) is 1. The second-order valence-corrected chi connectivity index (χ2v) is 3.32. The molecule has 84 valence electrons. The van der Waals surface area contributed by atoms with Gasteiger partial charge in [-0.1, -0.05) is 0 Å². The highest BCUT2D eigenvalue weighted by Gasteiger charge is 2.25. The van der Waals surface area contributed by atoms with E-state index < -0.39 is 11.8 Å². The van der Waals surface area contributed by atoms with Gasteiger partial charge in [0.05, 0.1) is 0 Å². The second kappa shape index (κ2) is 5.45. The monoisotopic (exact) mass is 214 g/mol. The smallest absolute Gasteiger partial charge is 0.246 e. The Kier molecular flexibility index (Phi) is 4.23. The van der Waals surface area contributed by atoms with Gasteiger partial charge >= 0.3 is 0 Å². The fraction of sp³-hybridized carbons (Fsp3) is 0.667. The molecule has 1 rings (SSSR count). The number of imide groups is 1. The molecular formula is C9H14N2O4. The minimum Gasteiger partial charge on any atom is -0.385 e. The standard InChI is InChI=1S/C9H14N2O4/c1-15-4-2-3-9(14)11-5-7(12)10-8(13)6-11/h2-6H2,1H3,(H,10,12,13). The van der Waals surface area contributed by atoms with Crippen LogP contribution in [0.25, 0.3) is 0 Å². The Labute approximate surface area is 87.6 Å². The number of nitrogens with one attached hydrogen (secondary N) is 1. The van der Waals surface area contributed by atoms with E-state index in [4.69, 9.17) is 4.74 Å². The van der Waals surface area contributed by atoms with Crippen LogP contribution in [0, 0.1) is 0 Å². The minimum atomic E-state index is -0.425. The summed E-state index contributed by atoms with van der Waals surface area (Å²) in [4.78, 5) is 34.7. The summed E-state index contributed by atoms with van der Waals surface area (Å²) in [6, 6.07) is 0. The predicted octanol–water partition coefficient (Wildman–Crippen LogP) is -1.10. The number of ether oxygens (including phenoxy) is 1. The van der Waals surface area contributed by atoms with Gasteiger partial charge in [0.1, 0.15) is 13.1 Å². The summed E-state index contributed by atoms with van der Waals surface area (Å²) in [6.45, 7) is 0.439. The van der Waals surface area contributed by atoms with Crippen molar-refractivity contribution < 1.29 is 19.1 Å². The first-order chi connectivity index (χ1) is 7.13. The van der Waals surface area contributed by atoms with Crippen LogP contribution in [0.2, 0.25) is 0 Å². The number of amides is 3. The van der Waals surface area contributed by atoms with Crippen molar-refractivity contribution in [2.75, 3.05) is 26.8 Å². The van der Waals surface area contributed by atoms with Crippen molar-refractivity contribution in [3.05, 3.63) is 0 Å². The fourth-order valence-electron chi connectivity index (χ4n) is 1.34. The van der Waals surface area contributed by atoms with Crippen molar-refractivity contribution >= 4 is 17.7 Å². The maximum atomic E-state index is 11.5. The zero-order chi connectivity index (χ0) is 11.3. The Hall–Kier alpha value is -1.43. The summed E-state index contributed by atoms with van der Waals surface area (Å²) in [5.74, 6) is -1.03. The van der Waals surface area contributed by atoms with Crippen molar-refractivity contribution in [3.63, 3.8) is 0 Å². The molecule has 1 aliphatic rings. The van der Waals surface area contributed by atoms with Gasteiger partial charge in [-0.15, -0.1) is 0 Å². The van der Waals surface area contributed by atoms with Crippen molar-refractivity contribution in [2.45, 2.75) is 12.8 Å². The van der Waals surface area contributed by atoms with Crippen LogP contribution in [0.5, 0.6) is 0 Å². The Morgan fingerprint density at radius 2 is 2.00 bits per heavy atom. The van der Waals surface area contributed by atoms with Crippen LogP contribution in [-0.4, -0.2) is 49.4 Å². The molecule has 1 saturated heterocycles. The zero-order valence-corrected chi connectivity index (χ0v) is 8.62. The van der Waals surface area contributed by atoms with Gasteiger partial charge < -0.3 is 9.64 Å². The first kappa shape index (κ1) is 11.6. The molecule has 3 amide bonds. The van der Waals surface area contributed by atoms with Gasteiger partial charge in [0, 0.05) is 20.1 Å². The quantitative estimate of drug-likeness (QED) is 0.476. The Balaban J connectivity index is 2.38. The fourth-order valence-corrected chi connectivity index (χ4v) is 1.34. The van der Waals surface area contributed by atoms with Crippen LogP contribution in [0.15, 0.2) is 0 Å². The molecule has 1 N–H and O–H groups in total. The van der Waals surface area contributed by atoms with Crippen LogP contribution in [0.4, 0.5) is 0 Å². The van der Waals surface area contributed by atoms with Crippen molar-refractivity contribution in [2.24, 2.45) is 0 Å². The zero-order valence-electron chi connectivity index (χ0n) is 8.62. The maximum Gasteiger partial charge on any atom is 0.246 e. The van der Waals surface area contributed by atoms with Crippen molar-refractivity contribution in [1.29, 1.82) is 0 Å². The van der Waals surface area contributed by atoms with Gasteiger partial charge in [-0.2, -0.15) is 0 Å². The molecule has 1 heterocycles. The topological polar surface area (TPSA) is 75.7 Å². The van der Waals surface area contributed by atoms with Crippen LogP contribution in [0.3, 0.4) is 0 Å². The lowest BCUT2D eigenvalue weighted by Crippen LogP contribution is -2.53. The largest absolute Gasteiger partial charge is 0.385 e. The van der Waals surface area contributed by atoms with Gasteiger partial charge in [-0.3, -0.25) is 19.7 Å². The molecule has 0 aromatic rings. The van der Waals surface area contributed by atoms with Gasteiger partial charge in [0.25, 0.3) is 0 Å². The van der Waals surface area contributed by atoms with Crippen LogP contribution in [0.1, 0.15) is 12.8 Å². The van der Waals surface area contributed by atoms with E-state index in [1.807, 2.05) is 0 Å². The SMILES string of the molecule is COCCCC(=O)N1CC(=O)NC(=O)C1. The van der Waals surface area contributed by atoms with Crippen molar-refractivity contribution in [3.8, 4) is 0 Å². The van der Waals surface area contributed by atoms with Crippen molar-refractivity contribution in [1.82, 2.24) is 10.2 Å². The normalized spacial score (nSPS) is 16.5. The summed E-state index contributed by atoms with van der Waals surface area (Å²) in [6.07, 6.45) is 0.899. The lowest BCUT2D eigenvalue weighted by Gasteiger charge is -2.25. The van der Waals surface area contributed by atoms with E-state index in [1.165, 1.54) is 4.90 Å². The number of rotatable bonds is 4. The highest BCUT2D eigenvalue weighted by Crippen LogP contribution is 2.01. The molecule has 0 radical (unpaired) electrons. The van der Waals surface area contributed by atoms with E-state index in [-0.39, 0.29) is 19.0 Å². The molecule has 0 saturated carbocycles. The third-order valence-corrected chi connectivity index (χ3v) is 2.04. The summed E-state index contributed by atoms with van der Waals surface area (Å²) in [5, 5.41) is 2.13. The van der Waals surface area contributed by atoms with Crippen LogP contribution < -0.4 is 5.32 Å². The number of carbonyl (C=O) groups excluding carboxylic acids is 3. The highest BCUT2D eigenvalue weighted by atomic mass is 16.5. The molecule has 0 spiro atoms. The van der Waals surface area contributed by atoms with E-state index in [0.717, 1.165) is 0 Å². The number of carbonyl (C=O) groups is 3. The van der Waals surface area contributed by atoms with E-state index in [2.05, 4.69) is 5.32 Å². The maximum absolute atomic E-state index is 11.5. The molecule has 0 bridgehead atoms. The lowest BCUT2D eigenvalue weighted by molar-refractivity contribution is -0.145. The van der Waals surface area contributed by atoms with Gasteiger partial charge in [-0.05, 0) is 6.42 Å². The molecule has 0 aromatic carbocycles. The number of piperazine rings is 1. The van der Waals surface area contributed by atoms with Gasteiger partial charge in [0.2, 0.25) is 17.7 Å². The Morgan fingerprint density at radius 1 is 1.40 bits per heavy atom. The molecule has 15 heavy (non-hydrogen) atoms. The molecular weight excluding hydrogens is 200 g/mol. The third-order valence-electron chi connectivity index (χ3n) is 2.04.